The molecular weight excluding hydrogens is 268 g/mol. The quantitative estimate of drug-likeness (QED) is 0.409. The van der Waals surface area contributed by atoms with Crippen molar-refractivity contribution in [3.05, 3.63) is 29.3 Å². The normalized spacial score (nSPS) is 15.7. The molecule has 0 spiro atoms. The van der Waals surface area contributed by atoms with E-state index in [-0.39, 0.29) is 5.91 Å². The van der Waals surface area contributed by atoms with Crippen LogP contribution in [0.2, 0.25) is 0 Å². The van der Waals surface area contributed by atoms with Gasteiger partial charge >= 0.3 is 0 Å². The third-order valence-corrected chi connectivity index (χ3v) is 3.68. The molecule has 116 valence electrons. The lowest BCUT2D eigenvalue weighted by Crippen LogP contribution is -2.38. The average molecular weight is 292 g/mol. The predicted molar refractivity (Wildman–Crippen MR) is 83.2 cm³/mol. The highest BCUT2D eigenvalue weighted by Gasteiger charge is 2.11. The molecule has 2 rings (SSSR count). The molecule has 0 radical (unpaired) electrons. The number of aryl methyl sites for hydroxylation is 1. The Balaban J connectivity index is 1.74. The van der Waals surface area contributed by atoms with E-state index in [1.54, 1.807) is 12.1 Å². The van der Waals surface area contributed by atoms with Crippen molar-refractivity contribution in [2.75, 3.05) is 44.8 Å². The number of carbonyl (C=O) groups is 1. The molecule has 4 N–H and O–H groups in total. The number of nitrogens with one attached hydrogen (secondary N) is 2. The number of amides is 1. The number of nitrogens with zero attached hydrogens (tertiary/aromatic N) is 1. The number of hydrogen-bond acceptors (Lipinski definition) is 5. The average Bonchev–Trinajstić information content (AvgIpc) is 2.52. The molecule has 0 aliphatic carbocycles. The Morgan fingerprint density at radius 1 is 1.38 bits per heavy atom. The van der Waals surface area contributed by atoms with Gasteiger partial charge in [0.05, 0.1) is 13.2 Å². The van der Waals surface area contributed by atoms with Gasteiger partial charge in [0, 0.05) is 30.9 Å². The fourth-order valence-electron chi connectivity index (χ4n) is 2.43. The van der Waals surface area contributed by atoms with E-state index in [1.165, 1.54) is 0 Å². The summed E-state index contributed by atoms with van der Waals surface area (Å²) in [7, 11) is 0. The highest BCUT2D eigenvalue weighted by Crippen LogP contribution is 2.14. The Labute approximate surface area is 125 Å². The Morgan fingerprint density at radius 3 is 2.81 bits per heavy atom. The van der Waals surface area contributed by atoms with Crippen LogP contribution in [0.25, 0.3) is 0 Å². The van der Waals surface area contributed by atoms with Crippen LogP contribution in [0.4, 0.5) is 5.69 Å². The van der Waals surface area contributed by atoms with Crippen molar-refractivity contribution < 1.29 is 9.53 Å². The third kappa shape index (κ3) is 4.70. The van der Waals surface area contributed by atoms with Crippen LogP contribution < -0.4 is 16.6 Å². The number of anilines is 1. The summed E-state index contributed by atoms with van der Waals surface area (Å²) in [6.07, 6.45) is 0.952. The van der Waals surface area contributed by atoms with Gasteiger partial charge in [0.25, 0.3) is 5.91 Å². The van der Waals surface area contributed by atoms with Crippen LogP contribution >= 0.6 is 0 Å². The van der Waals surface area contributed by atoms with Crippen LogP contribution in [-0.2, 0) is 4.74 Å². The van der Waals surface area contributed by atoms with Crippen LogP contribution in [0.15, 0.2) is 18.2 Å². The lowest BCUT2D eigenvalue weighted by atomic mass is 10.1. The Morgan fingerprint density at radius 2 is 2.14 bits per heavy atom. The smallest absolute Gasteiger partial charge is 0.251 e. The van der Waals surface area contributed by atoms with Crippen molar-refractivity contribution in [3.63, 3.8) is 0 Å². The summed E-state index contributed by atoms with van der Waals surface area (Å²) in [5.41, 5.74) is 4.99. The molecule has 0 aromatic heterocycles. The first kappa shape index (κ1) is 15.8. The topological polar surface area (TPSA) is 79.6 Å². The van der Waals surface area contributed by atoms with Gasteiger partial charge in [0.15, 0.2) is 0 Å². The van der Waals surface area contributed by atoms with E-state index in [2.05, 4.69) is 15.6 Å². The van der Waals surface area contributed by atoms with E-state index in [0.717, 1.165) is 50.5 Å². The van der Waals surface area contributed by atoms with E-state index in [4.69, 9.17) is 10.6 Å². The van der Waals surface area contributed by atoms with Crippen LogP contribution in [0.5, 0.6) is 0 Å². The number of hydrogen-bond donors (Lipinski definition) is 3. The van der Waals surface area contributed by atoms with Gasteiger partial charge in [-0.3, -0.25) is 15.5 Å². The molecule has 0 atom stereocenters. The summed E-state index contributed by atoms with van der Waals surface area (Å²) < 4.78 is 5.31. The maximum Gasteiger partial charge on any atom is 0.251 e. The summed E-state index contributed by atoms with van der Waals surface area (Å²) in [5, 5.41) is 2.97. The summed E-state index contributed by atoms with van der Waals surface area (Å²) in [4.78, 5) is 14.5. The van der Waals surface area contributed by atoms with Gasteiger partial charge in [-0.1, -0.05) is 0 Å². The van der Waals surface area contributed by atoms with Gasteiger partial charge in [-0.2, -0.15) is 0 Å². The number of carbonyl (C=O) groups excluding carboxylic acids is 1. The highest BCUT2D eigenvalue weighted by molar-refractivity contribution is 5.96. The van der Waals surface area contributed by atoms with Gasteiger partial charge in [0.2, 0.25) is 0 Å². The molecule has 1 saturated heterocycles. The third-order valence-electron chi connectivity index (χ3n) is 3.68. The standard InChI is InChI=1S/C15H24N4O2/c1-12-11-13(18-16)3-4-14(12)15(20)17-5-2-6-19-7-9-21-10-8-19/h3-4,11,18H,2,5-10,16H2,1H3,(H,17,20). The number of ether oxygens (including phenoxy) is 1. The fraction of sp³-hybridized carbons (Fsp3) is 0.533. The minimum Gasteiger partial charge on any atom is -0.379 e. The molecule has 1 aromatic rings. The zero-order chi connectivity index (χ0) is 15.1. The molecule has 6 heteroatoms. The molecule has 0 unspecified atom stereocenters. The van der Waals surface area contributed by atoms with E-state index >= 15 is 0 Å². The molecule has 1 amide bonds. The first-order chi connectivity index (χ1) is 10.2. The maximum absolute atomic E-state index is 12.1. The number of rotatable bonds is 6. The van der Waals surface area contributed by atoms with Crippen molar-refractivity contribution in [1.29, 1.82) is 0 Å². The second-order valence-electron chi connectivity index (χ2n) is 5.24. The van der Waals surface area contributed by atoms with Crippen molar-refractivity contribution in [3.8, 4) is 0 Å². The van der Waals surface area contributed by atoms with Gasteiger partial charge in [-0.15, -0.1) is 0 Å². The maximum atomic E-state index is 12.1. The molecule has 1 aliphatic rings. The minimum absolute atomic E-state index is 0.0296. The van der Waals surface area contributed by atoms with Crippen molar-refractivity contribution in [1.82, 2.24) is 10.2 Å². The van der Waals surface area contributed by atoms with Crippen molar-refractivity contribution >= 4 is 11.6 Å². The van der Waals surface area contributed by atoms with E-state index in [0.29, 0.717) is 12.1 Å². The van der Waals surface area contributed by atoms with Gasteiger partial charge in [0.1, 0.15) is 0 Å². The summed E-state index contributed by atoms with van der Waals surface area (Å²) in [6.45, 7) is 7.19. The fourth-order valence-corrected chi connectivity index (χ4v) is 2.43. The second-order valence-corrected chi connectivity index (χ2v) is 5.24. The van der Waals surface area contributed by atoms with Gasteiger partial charge in [-0.05, 0) is 43.7 Å². The highest BCUT2D eigenvalue weighted by atomic mass is 16.5. The molecular formula is C15H24N4O2. The summed E-state index contributed by atoms with van der Waals surface area (Å²) in [6, 6.07) is 5.46. The number of hydrazine groups is 1. The monoisotopic (exact) mass is 292 g/mol. The zero-order valence-corrected chi connectivity index (χ0v) is 12.5. The Kier molecular flexibility index (Phi) is 5.98. The zero-order valence-electron chi connectivity index (χ0n) is 12.5. The molecule has 0 bridgehead atoms. The van der Waals surface area contributed by atoms with Crippen LogP contribution in [-0.4, -0.2) is 50.2 Å². The van der Waals surface area contributed by atoms with Crippen LogP contribution in [0.3, 0.4) is 0 Å². The minimum atomic E-state index is -0.0296. The largest absolute Gasteiger partial charge is 0.379 e. The number of morpholine rings is 1. The van der Waals surface area contributed by atoms with E-state index in [9.17, 15) is 4.79 Å². The summed E-state index contributed by atoms with van der Waals surface area (Å²) >= 11 is 0. The van der Waals surface area contributed by atoms with Crippen LogP contribution in [0, 0.1) is 6.92 Å². The second kappa shape index (κ2) is 7.97. The van der Waals surface area contributed by atoms with Crippen molar-refractivity contribution in [2.45, 2.75) is 13.3 Å². The van der Waals surface area contributed by atoms with E-state index in [1.807, 2.05) is 13.0 Å². The lowest BCUT2D eigenvalue weighted by molar-refractivity contribution is 0.0374. The molecule has 1 heterocycles. The molecule has 1 fully saturated rings. The Bertz CT molecular complexity index is 473. The van der Waals surface area contributed by atoms with Crippen molar-refractivity contribution in [2.24, 2.45) is 5.84 Å². The molecule has 1 aromatic carbocycles. The van der Waals surface area contributed by atoms with E-state index < -0.39 is 0 Å². The number of nitrogen functional groups attached to an aromatic ring is 1. The molecule has 21 heavy (non-hydrogen) atoms. The molecule has 0 saturated carbocycles. The van der Waals surface area contributed by atoms with Crippen LogP contribution in [0.1, 0.15) is 22.3 Å². The molecule has 1 aliphatic heterocycles. The predicted octanol–water partition coefficient (Wildman–Crippen LogP) is 0.733. The first-order valence-corrected chi connectivity index (χ1v) is 7.36. The first-order valence-electron chi connectivity index (χ1n) is 7.36. The number of nitrogens with two attached hydrogens (primary N) is 1. The SMILES string of the molecule is Cc1cc(NN)ccc1C(=O)NCCCN1CCOCC1. The van der Waals surface area contributed by atoms with Gasteiger partial charge in [-0.25, -0.2) is 0 Å². The number of benzene rings is 1. The molecule has 6 nitrogen and oxygen atoms in total. The summed E-state index contributed by atoms with van der Waals surface area (Å²) in [5.74, 6) is 5.32. The van der Waals surface area contributed by atoms with Gasteiger partial charge < -0.3 is 15.5 Å². The lowest BCUT2D eigenvalue weighted by Gasteiger charge is -2.26. The Hall–Kier alpha value is -1.63.